The second-order valence-corrected chi connectivity index (χ2v) is 4.26. The number of benzene rings is 1. The molecule has 0 aliphatic heterocycles. The third kappa shape index (κ3) is 4.66. The van der Waals surface area contributed by atoms with Gasteiger partial charge in [0.05, 0.1) is 6.61 Å². The fraction of sp³-hybridized carbons (Fsp3) is 0.417. The van der Waals surface area contributed by atoms with Gasteiger partial charge in [-0.2, -0.15) is 0 Å². The number of carbonyl (C=O) groups excluding carboxylic acids is 1. The molecule has 0 aliphatic rings. The first-order valence-corrected chi connectivity index (χ1v) is 6.17. The van der Waals surface area contributed by atoms with Crippen LogP contribution in [-0.4, -0.2) is 19.1 Å². The summed E-state index contributed by atoms with van der Waals surface area (Å²) in [6.07, 6.45) is 1.95. The highest BCUT2D eigenvalue weighted by Crippen LogP contribution is 2.20. The Morgan fingerprint density at radius 2 is 2.19 bits per heavy atom. The topological polar surface area (TPSA) is 38.3 Å². The summed E-state index contributed by atoms with van der Waals surface area (Å²) in [6.45, 7) is 2.77. The lowest BCUT2D eigenvalue weighted by Gasteiger charge is -2.08. The molecule has 0 bridgehead atoms. The summed E-state index contributed by atoms with van der Waals surface area (Å²) in [5.74, 6) is -0.218. The third-order valence-electron chi connectivity index (χ3n) is 2.06. The lowest BCUT2D eigenvalue weighted by molar-refractivity contribution is -0.141. The number of anilines is 1. The van der Waals surface area contributed by atoms with E-state index in [4.69, 9.17) is 4.74 Å². The van der Waals surface area contributed by atoms with Gasteiger partial charge in [-0.1, -0.05) is 25.5 Å². The Morgan fingerprint density at radius 1 is 1.44 bits per heavy atom. The van der Waals surface area contributed by atoms with Crippen LogP contribution in [0.5, 0.6) is 0 Å². The van der Waals surface area contributed by atoms with Gasteiger partial charge in [0.1, 0.15) is 6.54 Å². The maximum absolute atomic E-state index is 11.3. The Labute approximate surface area is 104 Å². The van der Waals surface area contributed by atoms with Crippen LogP contribution in [0.25, 0.3) is 0 Å². The van der Waals surface area contributed by atoms with E-state index in [1.165, 1.54) is 0 Å². The van der Waals surface area contributed by atoms with E-state index in [1.807, 2.05) is 24.3 Å². The Balaban J connectivity index is 2.29. The van der Waals surface area contributed by atoms with Crippen LogP contribution in [0.1, 0.15) is 19.8 Å². The fourth-order valence-electron chi connectivity index (χ4n) is 1.15. The summed E-state index contributed by atoms with van der Waals surface area (Å²) >= 11 is 3.40. The molecule has 0 radical (unpaired) electrons. The Kier molecular flexibility index (Phi) is 5.93. The second-order valence-electron chi connectivity index (χ2n) is 3.41. The van der Waals surface area contributed by atoms with Crippen molar-refractivity contribution in [3.63, 3.8) is 0 Å². The van der Waals surface area contributed by atoms with Crippen molar-refractivity contribution in [2.75, 3.05) is 18.5 Å². The van der Waals surface area contributed by atoms with Crippen molar-refractivity contribution in [1.29, 1.82) is 0 Å². The second kappa shape index (κ2) is 7.28. The summed E-state index contributed by atoms with van der Waals surface area (Å²) < 4.78 is 5.97. The van der Waals surface area contributed by atoms with Gasteiger partial charge in [0.2, 0.25) is 0 Å². The van der Waals surface area contributed by atoms with Gasteiger partial charge in [0.25, 0.3) is 0 Å². The van der Waals surface area contributed by atoms with Gasteiger partial charge in [-0.25, -0.2) is 0 Å². The van der Waals surface area contributed by atoms with Crippen LogP contribution in [0.2, 0.25) is 0 Å². The lowest BCUT2D eigenvalue weighted by atomic mass is 10.3. The number of para-hydroxylation sites is 1. The highest BCUT2D eigenvalue weighted by Gasteiger charge is 2.03. The van der Waals surface area contributed by atoms with E-state index in [0.29, 0.717) is 6.61 Å². The molecule has 16 heavy (non-hydrogen) atoms. The van der Waals surface area contributed by atoms with Gasteiger partial charge in [-0.05, 0) is 34.5 Å². The van der Waals surface area contributed by atoms with E-state index in [-0.39, 0.29) is 12.5 Å². The first-order valence-electron chi connectivity index (χ1n) is 5.38. The number of esters is 1. The molecule has 4 heteroatoms. The van der Waals surface area contributed by atoms with Crippen LogP contribution in [-0.2, 0) is 9.53 Å². The van der Waals surface area contributed by atoms with Crippen LogP contribution in [0.4, 0.5) is 5.69 Å². The number of rotatable bonds is 6. The van der Waals surface area contributed by atoms with Gasteiger partial charge in [0, 0.05) is 10.2 Å². The van der Waals surface area contributed by atoms with Gasteiger partial charge in [-0.15, -0.1) is 0 Å². The highest BCUT2D eigenvalue weighted by atomic mass is 79.9. The molecule has 1 aromatic carbocycles. The summed E-state index contributed by atoms with van der Waals surface area (Å²) in [4.78, 5) is 11.3. The van der Waals surface area contributed by atoms with Crippen molar-refractivity contribution in [3.8, 4) is 0 Å². The molecule has 0 atom stereocenters. The van der Waals surface area contributed by atoms with Crippen molar-refractivity contribution in [1.82, 2.24) is 0 Å². The van der Waals surface area contributed by atoms with Crippen LogP contribution < -0.4 is 5.32 Å². The monoisotopic (exact) mass is 285 g/mol. The van der Waals surface area contributed by atoms with Crippen LogP contribution >= 0.6 is 15.9 Å². The molecule has 0 aliphatic carbocycles. The number of carbonyl (C=O) groups is 1. The third-order valence-corrected chi connectivity index (χ3v) is 2.75. The zero-order valence-electron chi connectivity index (χ0n) is 9.33. The molecule has 1 aromatic rings. The number of hydrogen-bond acceptors (Lipinski definition) is 3. The predicted molar refractivity (Wildman–Crippen MR) is 68.5 cm³/mol. The molecule has 0 heterocycles. The molecule has 88 valence electrons. The fourth-order valence-corrected chi connectivity index (χ4v) is 1.58. The first-order chi connectivity index (χ1) is 7.74. The molecule has 0 aromatic heterocycles. The summed E-state index contributed by atoms with van der Waals surface area (Å²) in [5, 5.41) is 3.02. The summed E-state index contributed by atoms with van der Waals surface area (Å²) in [6, 6.07) is 7.67. The van der Waals surface area contributed by atoms with E-state index in [1.54, 1.807) is 0 Å². The SMILES string of the molecule is CCCCOC(=O)CNc1ccccc1Br. The highest BCUT2D eigenvalue weighted by molar-refractivity contribution is 9.10. The summed E-state index contributed by atoms with van der Waals surface area (Å²) in [7, 11) is 0. The average molecular weight is 286 g/mol. The molecule has 1 rings (SSSR count). The maximum Gasteiger partial charge on any atom is 0.325 e. The predicted octanol–water partition coefficient (Wildman–Crippen LogP) is 3.20. The number of unbranched alkanes of at least 4 members (excludes halogenated alkanes) is 1. The number of nitrogens with one attached hydrogen (secondary N) is 1. The molecule has 0 fully saturated rings. The van der Waals surface area contributed by atoms with Crippen LogP contribution in [0.3, 0.4) is 0 Å². The molecule has 0 saturated carbocycles. The summed E-state index contributed by atoms with van der Waals surface area (Å²) in [5.41, 5.74) is 0.898. The molecule has 3 nitrogen and oxygen atoms in total. The van der Waals surface area contributed by atoms with Crippen molar-refractivity contribution < 1.29 is 9.53 Å². The largest absolute Gasteiger partial charge is 0.464 e. The van der Waals surface area contributed by atoms with Gasteiger partial charge in [0.15, 0.2) is 0 Å². The minimum absolute atomic E-state index is 0.201. The van der Waals surface area contributed by atoms with E-state index in [2.05, 4.69) is 28.2 Å². The first kappa shape index (κ1) is 13.0. The van der Waals surface area contributed by atoms with Gasteiger partial charge in [-0.3, -0.25) is 4.79 Å². The van der Waals surface area contributed by atoms with Crippen molar-refractivity contribution >= 4 is 27.6 Å². The normalized spacial score (nSPS) is 9.88. The zero-order valence-corrected chi connectivity index (χ0v) is 10.9. The zero-order chi connectivity index (χ0) is 11.8. The molecule has 0 unspecified atom stereocenters. The Bertz CT molecular complexity index is 342. The molecule has 0 amide bonds. The minimum atomic E-state index is -0.218. The number of ether oxygens (including phenoxy) is 1. The smallest absolute Gasteiger partial charge is 0.325 e. The lowest BCUT2D eigenvalue weighted by Crippen LogP contribution is -2.17. The number of halogens is 1. The molecular weight excluding hydrogens is 270 g/mol. The Hall–Kier alpha value is -1.03. The number of hydrogen-bond donors (Lipinski definition) is 1. The average Bonchev–Trinajstić information content (AvgIpc) is 2.28. The van der Waals surface area contributed by atoms with Crippen LogP contribution in [0.15, 0.2) is 28.7 Å². The van der Waals surface area contributed by atoms with E-state index in [9.17, 15) is 4.79 Å². The van der Waals surface area contributed by atoms with Gasteiger partial charge >= 0.3 is 5.97 Å². The van der Waals surface area contributed by atoms with E-state index >= 15 is 0 Å². The van der Waals surface area contributed by atoms with Crippen molar-refractivity contribution in [2.24, 2.45) is 0 Å². The van der Waals surface area contributed by atoms with E-state index < -0.39 is 0 Å². The molecule has 0 saturated heterocycles. The van der Waals surface area contributed by atoms with Crippen molar-refractivity contribution in [2.45, 2.75) is 19.8 Å². The minimum Gasteiger partial charge on any atom is -0.464 e. The van der Waals surface area contributed by atoms with Crippen LogP contribution in [0, 0.1) is 0 Å². The maximum atomic E-state index is 11.3. The van der Waals surface area contributed by atoms with Crippen molar-refractivity contribution in [3.05, 3.63) is 28.7 Å². The standard InChI is InChI=1S/C12H16BrNO2/c1-2-3-8-16-12(15)9-14-11-7-5-4-6-10(11)13/h4-7,14H,2-3,8-9H2,1H3. The molecular formula is C12H16BrNO2. The molecule has 0 spiro atoms. The van der Waals surface area contributed by atoms with Gasteiger partial charge < -0.3 is 10.1 Å². The quantitative estimate of drug-likeness (QED) is 0.644. The molecule has 1 N–H and O–H groups in total. The van der Waals surface area contributed by atoms with E-state index in [0.717, 1.165) is 23.0 Å². The Morgan fingerprint density at radius 3 is 2.88 bits per heavy atom.